The molecule has 0 aliphatic heterocycles. The van der Waals surface area contributed by atoms with Crippen LogP contribution in [-0.4, -0.2) is 24.9 Å². The van der Waals surface area contributed by atoms with Crippen LogP contribution in [0.1, 0.15) is 24.1 Å². The van der Waals surface area contributed by atoms with E-state index in [-0.39, 0.29) is 11.6 Å². The van der Waals surface area contributed by atoms with Gasteiger partial charge in [-0.25, -0.2) is 10.4 Å². The number of hydrogen-bond acceptors (Lipinski definition) is 7. The maximum absolute atomic E-state index is 8.90. The Labute approximate surface area is 128 Å². The van der Waals surface area contributed by atoms with E-state index in [4.69, 9.17) is 19.2 Å². The van der Waals surface area contributed by atoms with Crippen molar-refractivity contribution < 1.29 is 13.9 Å². The highest BCUT2D eigenvalue weighted by Crippen LogP contribution is 2.27. The second kappa shape index (κ2) is 7.13. The number of aryl methyl sites for hydroxylation is 1. The van der Waals surface area contributed by atoms with E-state index in [0.29, 0.717) is 24.0 Å². The van der Waals surface area contributed by atoms with Gasteiger partial charge in [0.1, 0.15) is 6.07 Å². The number of anilines is 1. The fraction of sp³-hybridized carbons (Fsp3) is 0.267. The molecule has 22 heavy (non-hydrogen) atoms. The van der Waals surface area contributed by atoms with Crippen molar-refractivity contribution in [2.75, 3.05) is 19.1 Å². The number of nitrogens with one attached hydrogen (secondary N) is 1. The van der Waals surface area contributed by atoms with Crippen molar-refractivity contribution in [2.24, 2.45) is 5.10 Å². The van der Waals surface area contributed by atoms with E-state index in [0.717, 1.165) is 5.56 Å². The topological polar surface area (TPSA) is 92.7 Å². The Kier molecular flexibility index (Phi) is 4.98. The van der Waals surface area contributed by atoms with E-state index in [2.05, 4.69) is 15.5 Å². The first-order valence-corrected chi connectivity index (χ1v) is 6.65. The van der Waals surface area contributed by atoms with Gasteiger partial charge >= 0.3 is 0 Å². The highest BCUT2D eigenvalue weighted by molar-refractivity contribution is 5.81. The van der Waals surface area contributed by atoms with Gasteiger partial charge in [-0.1, -0.05) is 0 Å². The average molecular weight is 300 g/mol. The van der Waals surface area contributed by atoms with Crippen LogP contribution in [0.5, 0.6) is 11.5 Å². The molecule has 1 aromatic heterocycles. The molecule has 0 fully saturated rings. The third-order valence-electron chi connectivity index (χ3n) is 2.71. The summed E-state index contributed by atoms with van der Waals surface area (Å²) in [6, 6.07) is 7.38. The summed E-state index contributed by atoms with van der Waals surface area (Å²) in [6.45, 7) is 4.13. The van der Waals surface area contributed by atoms with Gasteiger partial charge in [-0.15, -0.1) is 0 Å². The lowest BCUT2D eigenvalue weighted by atomic mass is 10.2. The van der Waals surface area contributed by atoms with Gasteiger partial charge in [0, 0.05) is 6.92 Å². The molecule has 114 valence electrons. The lowest BCUT2D eigenvalue weighted by molar-refractivity contribution is 0.311. The van der Waals surface area contributed by atoms with Crippen molar-refractivity contribution in [1.82, 2.24) is 4.98 Å². The standard InChI is InChI=1S/C15H16N4O3/c1-4-21-13-6-5-11(7-14(13)20-3)9-17-19-15-12(8-16)18-10(2)22-15/h5-7,9,19H,4H2,1-3H3. The summed E-state index contributed by atoms with van der Waals surface area (Å²) in [7, 11) is 1.58. The van der Waals surface area contributed by atoms with Crippen molar-refractivity contribution in [1.29, 1.82) is 5.26 Å². The number of benzene rings is 1. The molecular weight excluding hydrogens is 284 g/mol. The van der Waals surface area contributed by atoms with Crippen LogP contribution in [0, 0.1) is 18.3 Å². The van der Waals surface area contributed by atoms with Crippen molar-refractivity contribution in [3.63, 3.8) is 0 Å². The van der Waals surface area contributed by atoms with Gasteiger partial charge in [0.25, 0.3) is 5.88 Å². The maximum atomic E-state index is 8.90. The highest BCUT2D eigenvalue weighted by Gasteiger charge is 2.09. The lowest BCUT2D eigenvalue weighted by Crippen LogP contribution is -1.97. The largest absolute Gasteiger partial charge is 0.493 e. The number of methoxy groups -OCH3 is 1. The zero-order valence-electron chi connectivity index (χ0n) is 12.6. The van der Waals surface area contributed by atoms with Gasteiger partial charge in [-0.3, -0.25) is 0 Å². The molecule has 0 saturated heterocycles. The van der Waals surface area contributed by atoms with Gasteiger partial charge < -0.3 is 13.9 Å². The molecule has 0 radical (unpaired) electrons. The van der Waals surface area contributed by atoms with E-state index >= 15 is 0 Å². The number of hydrogen-bond donors (Lipinski definition) is 1. The van der Waals surface area contributed by atoms with Gasteiger partial charge in [0.2, 0.25) is 5.69 Å². The number of oxazole rings is 1. The van der Waals surface area contributed by atoms with E-state index in [1.807, 2.05) is 25.1 Å². The molecule has 7 heteroatoms. The summed E-state index contributed by atoms with van der Waals surface area (Å²) < 4.78 is 15.9. The first-order valence-electron chi connectivity index (χ1n) is 6.65. The van der Waals surface area contributed by atoms with E-state index in [1.165, 1.54) is 0 Å². The SMILES string of the molecule is CCOc1ccc(C=NNc2oc(C)nc2C#N)cc1OC. The highest BCUT2D eigenvalue weighted by atomic mass is 16.5. The van der Waals surface area contributed by atoms with E-state index in [9.17, 15) is 0 Å². The van der Waals surface area contributed by atoms with Crippen molar-refractivity contribution in [3.8, 4) is 17.6 Å². The molecule has 2 aromatic rings. The zero-order chi connectivity index (χ0) is 15.9. The monoisotopic (exact) mass is 300 g/mol. The Hall–Kier alpha value is -3.01. The summed E-state index contributed by atoms with van der Waals surface area (Å²) in [5.41, 5.74) is 3.63. The van der Waals surface area contributed by atoms with Gasteiger partial charge in [0.05, 0.1) is 19.9 Å². The van der Waals surface area contributed by atoms with Crippen LogP contribution in [0.4, 0.5) is 5.88 Å². The third-order valence-corrected chi connectivity index (χ3v) is 2.71. The molecule has 0 aliphatic carbocycles. The molecule has 0 bridgehead atoms. The minimum absolute atomic E-state index is 0.166. The Morgan fingerprint density at radius 2 is 2.27 bits per heavy atom. The van der Waals surface area contributed by atoms with Crippen molar-refractivity contribution in [3.05, 3.63) is 35.3 Å². The second-order valence-electron chi connectivity index (χ2n) is 4.24. The minimum atomic E-state index is 0.166. The predicted molar refractivity (Wildman–Crippen MR) is 81.3 cm³/mol. The molecule has 0 spiro atoms. The zero-order valence-corrected chi connectivity index (χ0v) is 12.6. The first-order chi connectivity index (χ1) is 10.7. The van der Waals surface area contributed by atoms with Crippen LogP contribution < -0.4 is 14.9 Å². The molecule has 0 aliphatic rings. The van der Waals surface area contributed by atoms with Gasteiger partial charge in [-0.2, -0.15) is 10.4 Å². The quantitative estimate of drug-likeness (QED) is 0.651. The molecule has 0 unspecified atom stereocenters. The van der Waals surface area contributed by atoms with Crippen LogP contribution in [0.25, 0.3) is 0 Å². The molecule has 2 rings (SSSR count). The summed E-state index contributed by atoms with van der Waals surface area (Å²) in [5.74, 6) is 1.91. The minimum Gasteiger partial charge on any atom is -0.493 e. The smallest absolute Gasteiger partial charge is 0.252 e. The predicted octanol–water partition coefficient (Wildman–Crippen LogP) is 2.71. The molecule has 0 saturated carbocycles. The molecular formula is C15H16N4O3. The number of ether oxygens (including phenoxy) is 2. The Balaban J connectivity index is 2.11. The molecule has 1 aromatic carbocycles. The fourth-order valence-corrected chi connectivity index (χ4v) is 1.78. The lowest BCUT2D eigenvalue weighted by Gasteiger charge is -2.09. The molecule has 1 heterocycles. The van der Waals surface area contributed by atoms with Gasteiger partial charge in [-0.05, 0) is 30.7 Å². The van der Waals surface area contributed by atoms with Crippen LogP contribution >= 0.6 is 0 Å². The van der Waals surface area contributed by atoms with Crippen LogP contribution in [0.15, 0.2) is 27.7 Å². The summed E-state index contributed by atoms with van der Waals surface area (Å²) in [5, 5.41) is 12.9. The van der Waals surface area contributed by atoms with Crippen LogP contribution in [-0.2, 0) is 0 Å². The first kappa shape index (κ1) is 15.4. The summed E-state index contributed by atoms with van der Waals surface area (Å²) in [4.78, 5) is 3.91. The maximum Gasteiger partial charge on any atom is 0.252 e. The molecule has 7 nitrogen and oxygen atoms in total. The van der Waals surface area contributed by atoms with Crippen molar-refractivity contribution >= 4 is 12.1 Å². The second-order valence-corrected chi connectivity index (χ2v) is 4.24. The Bertz CT molecular complexity index is 716. The number of hydrazone groups is 1. The normalized spacial score (nSPS) is 10.5. The molecule has 1 N–H and O–H groups in total. The van der Waals surface area contributed by atoms with Crippen LogP contribution in [0.3, 0.4) is 0 Å². The molecule has 0 atom stereocenters. The summed E-state index contributed by atoms with van der Waals surface area (Å²) >= 11 is 0. The average Bonchev–Trinajstić information content (AvgIpc) is 2.89. The van der Waals surface area contributed by atoms with Gasteiger partial charge in [0.15, 0.2) is 17.4 Å². The van der Waals surface area contributed by atoms with Crippen LogP contribution in [0.2, 0.25) is 0 Å². The number of nitriles is 1. The number of rotatable bonds is 6. The van der Waals surface area contributed by atoms with E-state index < -0.39 is 0 Å². The van der Waals surface area contributed by atoms with E-state index in [1.54, 1.807) is 26.3 Å². The third kappa shape index (κ3) is 3.55. The Morgan fingerprint density at radius 1 is 1.45 bits per heavy atom. The number of aromatic nitrogens is 1. The van der Waals surface area contributed by atoms with Crippen molar-refractivity contribution in [2.45, 2.75) is 13.8 Å². The summed E-state index contributed by atoms with van der Waals surface area (Å²) in [6.07, 6.45) is 1.58. The fourth-order valence-electron chi connectivity index (χ4n) is 1.78. The number of nitrogens with zero attached hydrogens (tertiary/aromatic N) is 3. The Morgan fingerprint density at radius 3 is 2.95 bits per heavy atom. The molecule has 0 amide bonds.